The van der Waals surface area contributed by atoms with E-state index in [0.717, 1.165) is 52.1 Å². The Morgan fingerprint density at radius 2 is 1.60 bits per heavy atom. The third-order valence-electron chi connectivity index (χ3n) is 3.15. The number of likely N-dealkylation sites (N-methyl/N-ethyl adjacent to an activating group) is 1. The molecule has 0 aromatic carbocycles. The Morgan fingerprint density at radius 1 is 1.00 bits per heavy atom. The molecule has 15 heavy (non-hydrogen) atoms. The lowest BCUT2D eigenvalue weighted by Gasteiger charge is -2.33. The van der Waals surface area contributed by atoms with Crippen molar-refractivity contribution in [2.24, 2.45) is 0 Å². The van der Waals surface area contributed by atoms with Gasteiger partial charge in [-0.3, -0.25) is 5.43 Å². The highest BCUT2D eigenvalue weighted by molar-refractivity contribution is 5.73. The van der Waals surface area contributed by atoms with E-state index in [1.54, 1.807) is 0 Å². The zero-order valence-corrected chi connectivity index (χ0v) is 9.41. The van der Waals surface area contributed by atoms with Crippen LogP contribution >= 0.6 is 0 Å². The molecule has 2 amide bonds. The Hall–Kier alpha value is -0.810. The molecule has 1 N–H and O–H groups in total. The summed E-state index contributed by atoms with van der Waals surface area (Å²) in [5.74, 6) is 0. The number of likely N-dealkylation sites (tertiary alicyclic amines) is 1. The summed E-state index contributed by atoms with van der Waals surface area (Å²) in [6, 6.07) is 0.0806. The molecule has 86 valence electrons. The van der Waals surface area contributed by atoms with Crippen LogP contribution in [0.2, 0.25) is 0 Å². The fraction of sp³-hybridized carbons (Fsp3) is 0.900. The smallest absolute Gasteiger partial charge is 0.324 e. The largest absolute Gasteiger partial charge is 0.331 e. The summed E-state index contributed by atoms with van der Waals surface area (Å²) < 4.78 is 0. The van der Waals surface area contributed by atoms with Gasteiger partial charge in [0.15, 0.2) is 0 Å². The first-order valence-electron chi connectivity index (χ1n) is 5.75. The van der Waals surface area contributed by atoms with Gasteiger partial charge in [0.2, 0.25) is 0 Å². The predicted octanol–water partition coefficient (Wildman–Crippen LogP) is -0.0458. The summed E-state index contributed by atoms with van der Waals surface area (Å²) in [5.41, 5.74) is 2.98. The van der Waals surface area contributed by atoms with E-state index in [1.165, 1.54) is 0 Å². The van der Waals surface area contributed by atoms with E-state index in [4.69, 9.17) is 0 Å². The molecule has 5 heteroatoms. The number of nitrogens with one attached hydrogen (secondary N) is 1. The van der Waals surface area contributed by atoms with Crippen LogP contribution < -0.4 is 5.43 Å². The van der Waals surface area contributed by atoms with Gasteiger partial charge in [-0.2, -0.15) is 0 Å². The van der Waals surface area contributed by atoms with Crippen LogP contribution in [0.3, 0.4) is 0 Å². The number of amides is 2. The molecule has 2 fully saturated rings. The van der Waals surface area contributed by atoms with Crippen molar-refractivity contribution in [3.8, 4) is 0 Å². The number of carbonyl (C=O) groups excluding carboxylic acids is 1. The normalized spacial score (nSPS) is 24.5. The van der Waals surface area contributed by atoms with E-state index in [1.807, 2.05) is 9.91 Å². The number of hydrazine groups is 1. The van der Waals surface area contributed by atoms with Crippen LogP contribution in [0.4, 0.5) is 4.79 Å². The minimum atomic E-state index is 0.0806. The maximum absolute atomic E-state index is 11.8. The molecule has 0 unspecified atom stereocenters. The molecule has 0 radical (unpaired) electrons. The predicted molar refractivity (Wildman–Crippen MR) is 58.4 cm³/mol. The number of urea groups is 1. The second kappa shape index (κ2) is 4.81. The molecule has 0 bridgehead atoms. The van der Waals surface area contributed by atoms with Crippen LogP contribution in [-0.4, -0.2) is 67.2 Å². The van der Waals surface area contributed by atoms with Gasteiger partial charge >= 0.3 is 6.03 Å². The van der Waals surface area contributed by atoms with Crippen LogP contribution in [0.15, 0.2) is 0 Å². The summed E-state index contributed by atoms with van der Waals surface area (Å²) in [6.07, 6.45) is 2.30. The van der Waals surface area contributed by atoms with Crippen molar-refractivity contribution in [3.63, 3.8) is 0 Å². The fourth-order valence-electron chi connectivity index (χ4n) is 2.04. The molecule has 2 saturated heterocycles. The lowest BCUT2D eigenvalue weighted by atomic mass is 10.4. The maximum Gasteiger partial charge on any atom is 0.331 e. The lowest BCUT2D eigenvalue weighted by Crippen LogP contribution is -2.55. The zero-order chi connectivity index (χ0) is 10.7. The summed E-state index contributed by atoms with van der Waals surface area (Å²) >= 11 is 0. The minimum Gasteiger partial charge on any atom is -0.324 e. The van der Waals surface area contributed by atoms with Crippen molar-refractivity contribution in [1.29, 1.82) is 0 Å². The number of rotatable bonds is 1. The first-order chi connectivity index (χ1) is 7.25. The Bertz CT molecular complexity index is 219. The average Bonchev–Trinajstić information content (AvgIpc) is 2.74. The van der Waals surface area contributed by atoms with Crippen LogP contribution in [0.5, 0.6) is 0 Å². The summed E-state index contributed by atoms with van der Waals surface area (Å²) in [5, 5.41) is 2.03. The molecule has 2 heterocycles. The highest BCUT2D eigenvalue weighted by atomic mass is 16.2. The standard InChI is InChI=1S/C10H20N4O/c1-12-6-8-14(9-7-12)11-10(15)13-4-2-3-5-13/h2-9H2,1H3,(H,11,15). The van der Waals surface area contributed by atoms with Crippen molar-refractivity contribution < 1.29 is 4.79 Å². The number of carbonyl (C=O) groups is 1. The van der Waals surface area contributed by atoms with Gasteiger partial charge < -0.3 is 9.80 Å². The van der Waals surface area contributed by atoms with Gasteiger partial charge in [0.05, 0.1) is 0 Å². The molecule has 0 aromatic heterocycles. The molecule has 0 aliphatic carbocycles. The van der Waals surface area contributed by atoms with Crippen molar-refractivity contribution in [2.75, 3.05) is 46.3 Å². The molecule has 2 aliphatic heterocycles. The van der Waals surface area contributed by atoms with Gasteiger partial charge in [-0.1, -0.05) is 0 Å². The van der Waals surface area contributed by atoms with E-state index in [9.17, 15) is 4.79 Å². The van der Waals surface area contributed by atoms with Crippen molar-refractivity contribution in [3.05, 3.63) is 0 Å². The molecular formula is C10H20N4O. The molecule has 0 aromatic rings. The monoisotopic (exact) mass is 212 g/mol. The van der Waals surface area contributed by atoms with Gasteiger partial charge in [0.1, 0.15) is 0 Å². The molecule has 5 nitrogen and oxygen atoms in total. The molecule has 2 aliphatic rings. The first-order valence-corrected chi connectivity index (χ1v) is 5.75. The Balaban J connectivity index is 1.74. The van der Waals surface area contributed by atoms with Gasteiger partial charge in [-0.15, -0.1) is 0 Å². The topological polar surface area (TPSA) is 38.8 Å². The van der Waals surface area contributed by atoms with E-state index in [-0.39, 0.29) is 6.03 Å². The lowest BCUT2D eigenvalue weighted by molar-refractivity contribution is 0.102. The third kappa shape index (κ3) is 2.82. The average molecular weight is 212 g/mol. The first kappa shape index (κ1) is 10.7. The van der Waals surface area contributed by atoms with Crippen molar-refractivity contribution in [1.82, 2.24) is 20.2 Å². The van der Waals surface area contributed by atoms with Crippen molar-refractivity contribution in [2.45, 2.75) is 12.8 Å². The highest BCUT2D eigenvalue weighted by Gasteiger charge is 2.21. The van der Waals surface area contributed by atoms with Gasteiger partial charge in [-0.25, -0.2) is 9.80 Å². The fourth-order valence-corrected chi connectivity index (χ4v) is 2.04. The number of hydrogen-bond acceptors (Lipinski definition) is 3. The highest BCUT2D eigenvalue weighted by Crippen LogP contribution is 2.07. The summed E-state index contributed by atoms with van der Waals surface area (Å²) in [7, 11) is 2.11. The number of piperazine rings is 1. The van der Waals surface area contributed by atoms with E-state index in [0.29, 0.717) is 0 Å². The van der Waals surface area contributed by atoms with Crippen LogP contribution in [0, 0.1) is 0 Å². The number of nitrogens with zero attached hydrogens (tertiary/aromatic N) is 3. The van der Waals surface area contributed by atoms with Crippen LogP contribution in [-0.2, 0) is 0 Å². The van der Waals surface area contributed by atoms with Gasteiger partial charge in [0.25, 0.3) is 0 Å². The zero-order valence-electron chi connectivity index (χ0n) is 9.41. The quantitative estimate of drug-likeness (QED) is 0.662. The Morgan fingerprint density at radius 3 is 2.20 bits per heavy atom. The van der Waals surface area contributed by atoms with E-state index in [2.05, 4.69) is 17.4 Å². The summed E-state index contributed by atoms with van der Waals surface area (Å²) in [6.45, 7) is 5.74. The Labute approximate surface area is 91.0 Å². The molecule has 2 rings (SSSR count). The van der Waals surface area contributed by atoms with E-state index >= 15 is 0 Å². The molecule has 0 atom stereocenters. The van der Waals surface area contributed by atoms with Crippen molar-refractivity contribution >= 4 is 6.03 Å². The second-order valence-corrected chi connectivity index (χ2v) is 4.40. The van der Waals surface area contributed by atoms with Gasteiger partial charge in [0, 0.05) is 39.3 Å². The summed E-state index contributed by atoms with van der Waals surface area (Å²) in [4.78, 5) is 15.9. The minimum absolute atomic E-state index is 0.0806. The third-order valence-corrected chi connectivity index (χ3v) is 3.15. The molecule has 0 spiro atoms. The Kier molecular flexibility index (Phi) is 3.43. The molecular weight excluding hydrogens is 192 g/mol. The van der Waals surface area contributed by atoms with E-state index < -0.39 is 0 Å². The van der Waals surface area contributed by atoms with Crippen LogP contribution in [0.25, 0.3) is 0 Å². The number of hydrogen-bond donors (Lipinski definition) is 1. The second-order valence-electron chi connectivity index (χ2n) is 4.40. The van der Waals surface area contributed by atoms with Gasteiger partial charge in [-0.05, 0) is 19.9 Å². The maximum atomic E-state index is 11.8. The SMILES string of the molecule is CN1CCN(NC(=O)N2CCCC2)CC1. The molecule has 0 saturated carbocycles. The van der Waals surface area contributed by atoms with Crippen LogP contribution in [0.1, 0.15) is 12.8 Å².